The Morgan fingerprint density at radius 2 is 1.31 bits per heavy atom. The summed E-state index contributed by atoms with van der Waals surface area (Å²) in [7, 11) is 0. The van der Waals surface area contributed by atoms with Crippen molar-refractivity contribution in [3.05, 3.63) is 34.0 Å². The van der Waals surface area contributed by atoms with E-state index in [1.807, 2.05) is 6.07 Å². The van der Waals surface area contributed by atoms with Crippen LogP contribution < -0.4 is 9.47 Å². The highest BCUT2D eigenvalue weighted by Crippen LogP contribution is 2.52. The van der Waals surface area contributed by atoms with Crippen LogP contribution in [0.2, 0.25) is 0 Å². The SMILES string of the molecule is CCCCC(CC)COc1c2cc(-c3s[c]c4c3C(=O)N(CC(CC)CCCC)C4=O)sc2c(OCC(CC)CCCC)c2c[c]sc12. The topological polar surface area (TPSA) is 55.8 Å². The van der Waals surface area contributed by atoms with E-state index in [0.29, 0.717) is 48.6 Å². The van der Waals surface area contributed by atoms with Crippen LogP contribution in [0.5, 0.6) is 11.5 Å². The molecule has 2 amide bonds. The molecule has 0 saturated heterocycles. The van der Waals surface area contributed by atoms with Gasteiger partial charge in [-0.2, -0.15) is 0 Å². The molecule has 0 N–H and O–H groups in total. The summed E-state index contributed by atoms with van der Waals surface area (Å²) in [6, 6.07) is 4.21. The van der Waals surface area contributed by atoms with Gasteiger partial charge in [-0.15, -0.1) is 34.0 Å². The van der Waals surface area contributed by atoms with Crippen LogP contribution in [0.4, 0.5) is 0 Å². The van der Waals surface area contributed by atoms with Gasteiger partial charge in [0.2, 0.25) is 0 Å². The number of nitrogens with zero attached hydrogens (tertiary/aromatic N) is 1. The minimum absolute atomic E-state index is 0.179. The fourth-order valence-electron chi connectivity index (χ4n) is 6.72. The van der Waals surface area contributed by atoms with Crippen molar-refractivity contribution < 1.29 is 19.1 Å². The molecule has 8 heteroatoms. The van der Waals surface area contributed by atoms with Crippen molar-refractivity contribution in [1.82, 2.24) is 4.90 Å². The van der Waals surface area contributed by atoms with Gasteiger partial charge in [-0.05, 0) is 49.1 Å². The highest BCUT2D eigenvalue weighted by molar-refractivity contribution is 7.26. The predicted octanol–water partition coefficient (Wildman–Crippen LogP) is 12.4. The Morgan fingerprint density at radius 1 is 0.729 bits per heavy atom. The van der Waals surface area contributed by atoms with Gasteiger partial charge in [0.25, 0.3) is 11.8 Å². The number of rotatable bonds is 21. The number of imide groups is 1. The van der Waals surface area contributed by atoms with Crippen molar-refractivity contribution >= 4 is 66.0 Å². The number of ether oxygens (including phenoxy) is 2. The standard InChI is InChI=1S/C40H53NO4S3/c1-7-13-16-26(10-4)22-41-39(42)31-25-47-38(33(31)40(41)43)32-21-30-35(45-24-28(12-6)18-15-9-3)36-29(19-20-46-36)34(37(30)48-32)44-23-27(11-5)17-14-8-2/h19,21,26-28H,7-18,22-24H2,1-6H3. The van der Waals surface area contributed by atoms with Crippen molar-refractivity contribution in [1.29, 1.82) is 0 Å². The lowest BCUT2D eigenvalue weighted by atomic mass is 9.99. The van der Waals surface area contributed by atoms with E-state index in [-0.39, 0.29) is 11.8 Å². The summed E-state index contributed by atoms with van der Waals surface area (Å²) in [5.74, 6) is 2.69. The third kappa shape index (κ3) is 7.81. The molecule has 5 nitrogen and oxygen atoms in total. The summed E-state index contributed by atoms with van der Waals surface area (Å²) < 4.78 is 15.6. The lowest BCUT2D eigenvalue weighted by Crippen LogP contribution is -2.34. The van der Waals surface area contributed by atoms with Crippen LogP contribution in [0.25, 0.3) is 29.9 Å². The molecule has 5 rings (SSSR count). The smallest absolute Gasteiger partial charge is 0.263 e. The summed E-state index contributed by atoms with van der Waals surface area (Å²) in [6.07, 6.45) is 13.4. The number of benzene rings is 1. The van der Waals surface area contributed by atoms with Crippen molar-refractivity contribution in [3.8, 4) is 21.3 Å². The van der Waals surface area contributed by atoms with Crippen molar-refractivity contribution in [2.45, 2.75) is 119 Å². The molecule has 4 aromatic rings. The third-order valence-electron chi connectivity index (χ3n) is 10.1. The van der Waals surface area contributed by atoms with Gasteiger partial charge >= 0.3 is 0 Å². The van der Waals surface area contributed by atoms with Crippen LogP contribution >= 0.6 is 34.0 Å². The van der Waals surface area contributed by atoms with Crippen LogP contribution in [0, 0.1) is 28.5 Å². The molecule has 0 fully saturated rings. The molecule has 0 spiro atoms. The van der Waals surface area contributed by atoms with E-state index in [1.165, 1.54) is 41.9 Å². The van der Waals surface area contributed by atoms with Gasteiger partial charge in [-0.1, -0.05) is 99.3 Å². The van der Waals surface area contributed by atoms with E-state index in [9.17, 15) is 9.59 Å². The van der Waals surface area contributed by atoms with Crippen molar-refractivity contribution in [2.75, 3.05) is 19.8 Å². The molecule has 1 aliphatic rings. The number of thiophene rings is 3. The van der Waals surface area contributed by atoms with E-state index < -0.39 is 0 Å². The fourth-order valence-corrected chi connectivity index (χ4v) is 9.75. The molecule has 1 aliphatic heterocycles. The van der Waals surface area contributed by atoms with Crippen molar-refractivity contribution in [2.24, 2.45) is 17.8 Å². The van der Waals surface area contributed by atoms with Crippen molar-refractivity contribution in [3.63, 3.8) is 0 Å². The second kappa shape index (κ2) is 17.5. The monoisotopic (exact) mass is 707 g/mol. The molecule has 2 radical (unpaired) electrons. The molecule has 1 aromatic carbocycles. The molecule has 0 aliphatic carbocycles. The Morgan fingerprint density at radius 3 is 1.90 bits per heavy atom. The first-order valence-electron chi connectivity index (χ1n) is 18.5. The van der Waals surface area contributed by atoms with Gasteiger partial charge in [-0.25, -0.2) is 0 Å². The van der Waals surface area contributed by atoms with E-state index in [4.69, 9.17) is 9.47 Å². The average molecular weight is 708 g/mol. The first-order valence-corrected chi connectivity index (χ1v) is 20.9. The maximum absolute atomic E-state index is 13.9. The summed E-state index contributed by atoms with van der Waals surface area (Å²) in [5, 5.41) is 8.67. The molecule has 3 atom stereocenters. The van der Waals surface area contributed by atoms with E-state index >= 15 is 0 Å². The summed E-state index contributed by atoms with van der Waals surface area (Å²) in [5.41, 5.74) is 0.938. The van der Waals surface area contributed by atoms with Gasteiger partial charge in [0.1, 0.15) is 11.5 Å². The lowest BCUT2D eigenvalue weighted by molar-refractivity contribution is 0.0624. The first kappa shape index (κ1) is 36.9. The molecule has 4 heterocycles. The molecule has 0 bridgehead atoms. The second-order valence-corrected chi connectivity index (χ2v) is 16.2. The van der Waals surface area contributed by atoms with Crippen LogP contribution in [0.3, 0.4) is 0 Å². The molecule has 3 unspecified atom stereocenters. The number of unbranched alkanes of at least 4 members (excludes halogenated alkanes) is 3. The Balaban J connectivity index is 1.56. The Bertz CT molecular complexity index is 1590. The highest BCUT2D eigenvalue weighted by atomic mass is 32.1. The Hall–Kier alpha value is -2.42. The molecular weight excluding hydrogens is 655 g/mol. The van der Waals surface area contributed by atoms with E-state index in [0.717, 1.165) is 92.8 Å². The van der Waals surface area contributed by atoms with Crippen LogP contribution in [-0.4, -0.2) is 36.5 Å². The summed E-state index contributed by atoms with van der Waals surface area (Å²) in [6.45, 7) is 15.1. The average Bonchev–Trinajstić information content (AvgIpc) is 3.90. The zero-order valence-electron chi connectivity index (χ0n) is 29.8. The number of carbonyl (C=O) groups is 2. The minimum atomic E-state index is -0.201. The quantitative estimate of drug-likeness (QED) is 0.0809. The molecule has 0 saturated carbocycles. The number of amides is 2. The number of hydrogen-bond acceptors (Lipinski definition) is 7. The van der Waals surface area contributed by atoms with Gasteiger partial charge in [0, 0.05) is 27.6 Å². The molecule has 3 aromatic heterocycles. The fraction of sp³-hybridized carbons (Fsp3) is 0.600. The summed E-state index contributed by atoms with van der Waals surface area (Å²) >= 11 is 4.60. The van der Waals surface area contributed by atoms with Gasteiger partial charge in [0.15, 0.2) is 0 Å². The van der Waals surface area contributed by atoms with E-state index in [2.05, 4.69) is 58.4 Å². The predicted molar refractivity (Wildman–Crippen MR) is 204 cm³/mol. The molecular formula is C40H53NO4S3. The lowest BCUT2D eigenvalue weighted by Gasteiger charge is -2.21. The minimum Gasteiger partial charge on any atom is -0.491 e. The molecule has 260 valence electrons. The number of hydrogen-bond donors (Lipinski definition) is 0. The number of fused-ring (bicyclic) bond motifs is 3. The second-order valence-electron chi connectivity index (χ2n) is 13.5. The van der Waals surface area contributed by atoms with Crippen LogP contribution in [-0.2, 0) is 0 Å². The van der Waals surface area contributed by atoms with Crippen LogP contribution in [0.15, 0.2) is 12.1 Å². The van der Waals surface area contributed by atoms with Gasteiger partial charge in [-0.3, -0.25) is 14.5 Å². The largest absolute Gasteiger partial charge is 0.491 e. The third-order valence-corrected chi connectivity index (χ3v) is 13.2. The molecule has 48 heavy (non-hydrogen) atoms. The van der Waals surface area contributed by atoms with Crippen LogP contribution in [0.1, 0.15) is 139 Å². The maximum atomic E-state index is 13.9. The maximum Gasteiger partial charge on any atom is 0.263 e. The number of carbonyl (C=O) groups excluding carboxylic acids is 2. The van der Waals surface area contributed by atoms with Gasteiger partial charge < -0.3 is 9.47 Å². The zero-order chi connectivity index (χ0) is 34.2. The Labute approximate surface area is 300 Å². The first-order chi connectivity index (χ1) is 23.4. The summed E-state index contributed by atoms with van der Waals surface area (Å²) in [4.78, 5) is 30.7. The normalized spacial score (nSPS) is 15.1. The highest BCUT2D eigenvalue weighted by Gasteiger charge is 2.40. The van der Waals surface area contributed by atoms with E-state index in [1.54, 1.807) is 22.7 Å². The van der Waals surface area contributed by atoms with Gasteiger partial charge in [0.05, 0.1) is 44.0 Å². The zero-order valence-corrected chi connectivity index (χ0v) is 32.2. The Kier molecular flexibility index (Phi) is 13.4.